The molecular formula is C16H33N. The van der Waals surface area contributed by atoms with Gasteiger partial charge in [0.1, 0.15) is 0 Å². The van der Waals surface area contributed by atoms with Crippen molar-refractivity contribution in [2.24, 2.45) is 0 Å². The average Bonchev–Trinajstić information content (AvgIpc) is 2.46. The van der Waals surface area contributed by atoms with Crippen molar-refractivity contribution in [2.45, 2.75) is 74.7 Å². The molecule has 102 valence electrons. The molecule has 0 aliphatic heterocycles. The molecule has 0 unspecified atom stereocenters. The minimum absolute atomic E-state index is 1.04. The van der Waals surface area contributed by atoms with Gasteiger partial charge in [-0.15, -0.1) is 0 Å². The van der Waals surface area contributed by atoms with Crippen LogP contribution in [0.2, 0.25) is 0 Å². The highest BCUT2D eigenvalue weighted by Crippen LogP contribution is 2.02. The van der Waals surface area contributed by atoms with Crippen LogP contribution in [-0.2, 0) is 12.8 Å². The number of hydrogen-bond acceptors (Lipinski definition) is 1. The number of aromatic nitrogens is 1. The van der Waals surface area contributed by atoms with Crippen LogP contribution in [0, 0.1) is 0 Å². The molecule has 0 saturated carbocycles. The molecular weight excluding hydrogens is 206 g/mol. The highest BCUT2D eigenvalue weighted by Gasteiger charge is 1.93. The smallest absolute Gasteiger partial charge is 0.0406 e. The van der Waals surface area contributed by atoms with E-state index in [1.807, 2.05) is 41.5 Å². The lowest BCUT2D eigenvalue weighted by Crippen LogP contribution is -1.92. The van der Waals surface area contributed by atoms with E-state index in [2.05, 4.69) is 37.0 Å². The second kappa shape index (κ2) is 20.5. The van der Waals surface area contributed by atoms with Crippen LogP contribution < -0.4 is 0 Å². The molecule has 0 bridgehead atoms. The summed E-state index contributed by atoms with van der Waals surface area (Å²) >= 11 is 0. The van der Waals surface area contributed by atoms with Gasteiger partial charge in [-0.2, -0.15) is 0 Å². The first kappa shape index (κ1) is 21.4. The van der Waals surface area contributed by atoms with Gasteiger partial charge < -0.3 is 0 Å². The molecule has 0 atom stereocenters. The third-order valence-electron chi connectivity index (χ3n) is 1.73. The first-order chi connectivity index (χ1) is 8.36. The summed E-state index contributed by atoms with van der Waals surface area (Å²) in [6.45, 7) is 16.3. The standard InChI is InChI=1S/C10H15N.3C2H6/c1-3-6-10-8-5-7-9(4-2)11-10;3*1-2/h5,7-8H,3-4,6H2,1-2H3;3*1-2H3. The highest BCUT2D eigenvalue weighted by molar-refractivity contribution is 5.11. The molecule has 1 aromatic rings. The fraction of sp³-hybridized carbons (Fsp3) is 0.688. The van der Waals surface area contributed by atoms with Gasteiger partial charge >= 0.3 is 0 Å². The Morgan fingerprint density at radius 1 is 0.824 bits per heavy atom. The van der Waals surface area contributed by atoms with Gasteiger partial charge in [-0.3, -0.25) is 4.98 Å². The second-order valence-electron chi connectivity index (χ2n) is 2.72. The number of hydrogen-bond donors (Lipinski definition) is 0. The largest absolute Gasteiger partial charge is 0.258 e. The van der Waals surface area contributed by atoms with Gasteiger partial charge in [0.2, 0.25) is 0 Å². The van der Waals surface area contributed by atoms with Gasteiger partial charge in [0.25, 0.3) is 0 Å². The summed E-state index contributed by atoms with van der Waals surface area (Å²) < 4.78 is 0. The Balaban J connectivity index is -0.000000285. The lowest BCUT2D eigenvalue weighted by molar-refractivity contribution is 0.862. The number of nitrogens with zero attached hydrogens (tertiary/aromatic N) is 1. The molecule has 0 aliphatic carbocycles. The Bertz CT molecular complexity index is 219. The summed E-state index contributed by atoms with van der Waals surface area (Å²) in [5, 5.41) is 0. The van der Waals surface area contributed by atoms with Gasteiger partial charge in [-0.1, -0.05) is 67.9 Å². The first-order valence-electron chi connectivity index (χ1n) is 7.31. The predicted molar refractivity (Wildman–Crippen MR) is 81.7 cm³/mol. The van der Waals surface area contributed by atoms with Crippen molar-refractivity contribution < 1.29 is 0 Å². The third kappa shape index (κ3) is 13.1. The van der Waals surface area contributed by atoms with Crippen LogP contribution in [0.15, 0.2) is 18.2 Å². The van der Waals surface area contributed by atoms with E-state index in [9.17, 15) is 0 Å². The fourth-order valence-corrected chi connectivity index (χ4v) is 1.12. The number of rotatable bonds is 3. The van der Waals surface area contributed by atoms with Gasteiger partial charge in [0.05, 0.1) is 0 Å². The number of pyridine rings is 1. The van der Waals surface area contributed by atoms with Crippen molar-refractivity contribution in [1.82, 2.24) is 4.98 Å². The molecule has 0 aromatic carbocycles. The molecule has 1 rings (SSSR count). The van der Waals surface area contributed by atoms with Crippen LogP contribution in [0.1, 0.15) is 73.2 Å². The zero-order valence-corrected chi connectivity index (χ0v) is 13.3. The molecule has 0 amide bonds. The number of aryl methyl sites for hydroxylation is 2. The van der Waals surface area contributed by atoms with E-state index in [0.717, 1.165) is 12.8 Å². The normalized spacial score (nSPS) is 7.53. The van der Waals surface area contributed by atoms with E-state index in [4.69, 9.17) is 0 Å². The lowest BCUT2D eigenvalue weighted by Gasteiger charge is -1.99. The monoisotopic (exact) mass is 239 g/mol. The molecule has 1 heterocycles. The van der Waals surface area contributed by atoms with E-state index in [-0.39, 0.29) is 0 Å². The fourth-order valence-electron chi connectivity index (χ4n) is 1.12. The van der Waals surface area contributed by atoms with Crippen molar-refractivity contribution in [3.05, 3.63) is 29.6 Å². The molecule has 1 heteroatoms. The van der Waals surface area contributed by atoms with Crippen LogP contribution in [0.5, 0.6) is 0 Å². The van der Waals surface area contributed by atoms with E-state index < -0.39 is 0 Å². The summed E-state index contributed by atoms with van der Waals surface area (Å²) in [5.74, 6) is 0. The quantitative estimate of drug-likeness (QED) is 0.661. The molecule has 0 spiro atoms. The average molecular weight is 239 g/mol. The van der Waals surface area contributed by atoms with Crippen molar-refractivity contribution >= 4 is 0 Å². The molecule has 1 aromatic heterocycles. The van der Waals surface area contributed by atoms with Crippen molar-refractivity contribution in [3.63, 3.8) is 0 Å². The second-order valence-corrected chi connectivity index (χ2v) is 2.72. The van der Waals surface area contributed by atoms with Gasteiger partial charge in [0, 0.05) is 11.4 Å². The topological polar surface area (TPSA) is 12.9 Å². The molecule has 0 radical (unpaired) electrons. The van der Waals surface area contributed by atoms with Gasteiger partial charge in [0.15, 0.2) is 0 Å². The van der Waals surface area contributed by atoms with E-state index in [1.54, 1.807) is 0 Å². The van der Waals surface area contributed by atoms with Crippen LogP contribution >= 0.6 is 0 Å². The zero-order chi connectivity index (χ0) is 14.1. The van der Waals surface area contributed by atoms with Gasteiger partial charge in [-0.05, 0) is 25.0 Å². The van der Waals surface area contributed by atoms with Crippen LogP contribution in [0.3, 0.4) is 0 Å². The van der Waals surface area contributed by atoms with Crippen molar-refractivity contribution in [2.75, 3.05) is 0 Å². The van der Waals surface area contributed by atoms with Crippen LogP contribution in [-0.4, -0.2) is 4.98 Å². The lowest BCUT2D eigenvalue weighted by atomic mass is 10.2. The van der Waals surface area contributed by atoms with Crippen LogP contribution in [0.25, 0.3) is 0 Å². The maximum Gasteiger partial charge on any atom is 0.0406 e. The Labute approximate surface area is 110 Å². The summed E-state index contributed by atoms with van der Waals surface area (Å²) in [5.41, 5.74) is 2.43. The molecule has 0 aliphatic rings. The first-order valence-corrected chi connectivity index (χ1v) is 7.31. The minimum Gasteiger partial charge on any atom is -0.258 e. The molecule has 0 saturated heterocycles. The van der Waals surface area contributed by atoms with Crippen molar-refractivity contribution in [1.29, 1.82) is 0 Å². The maximum atomic E-state index is 4.48. The SMILES string of the molecule is CC.CC.CC.CCCc1cccc(CC)n1. The van der Waals surface area contributed by atoms with Crippen molar-refractivity contribution in [3.8, 4) is 0 Å². The Hall–Kier alpha value is -0.850. The molecule has 0 N–H and O–H groups in total. The molecule has 17 heavy (non-hydrogen) atoms. The third-order valence-corrected chi connectivity index (χ3v) is 1.73. The summed E-state index contributed by atoms with van der Waals surface area (Å²) in [6.07, 6.45) is 3.32. The molecule has 1 nitrogen and oxygen atoms in total. The van der Waals surface area contributed by atoms with E-state index in [1.165, 1.54) is 17.8 Å². The maximum absolute atomic E-state index is 4.48. The Morgan fingerprint density at radius 3 is 1.71 bits per heavy atom. The summed E-state index contributed by atoms with van der Waals surface area (Å²) in [6, 6.07) is 6.28. The Kier molecular flexibility index (Phi) is 25.9. The van der Waals surface area contributed by atoms with E-state index in [0.29, 0.717) is 0 Å². The Morgan fingerprint density at radius 2 is 1.29 bits per heavy atom. The summed E-state index contributed by atoms with van der Waals surface area (Å²) in [7, 11) is 0. The van der Waals surface area contributed by atoms with E-state index >= 15 is 0 Å². The molecule has 0 fully saturated rings. The summed E-state index contributed by atoms with van der Waals surface area (Å²) in [4.78, 5) is 4.48. The zero-order valence-electron chi connectivity index (χ0n) is 13.3. The van der Waals surface area contributed by atoms with Crippen LogP contribution in [0.4, 0.5) is 0 Å². The predicted octanol–water partition coefficient (Wildman–Crippen LogP) is 5.68. The highest BCUT2D eigenvalue weighted by atomic mass is 14.7. The minimum atomic E-state index is 1.04. The van der Waals surface area contributed by atoms with Gasteiger partial charge in [-0.25, -0.2) is 0 Å².